The third kappa shape index (κ3) is 5.93. The number of hydrogen-bond acceptors (Lipinski definition) is 7. The standard InChI is InChI=1S/C33H29N3O8/c1-4-35(5-2)22-14-15-25-28(16-22)44-29-18-27(34-33(39)43-19-20-10-12-21(13-11-20)36(40)41)30(42-3)17-26(29)31(25)23-8-6-7-9-24(23)32(37)38/h6-18H,4-5,19H2,1-3H3,(H,37,38)/p+1. The second-order valence-corrected chi connectivity index (χ2v) is 9.85. The first-order chi connectivity index (χ1) is 21.2. The number of nitro groups is 1. The van der Waals surface area contributed by atoms with Gasteiger partial charge in [0.25, 0.3) is 5.69 Å². The van der Waals surface area contributed by atoms with Gasteiger partial charge in [0, 0.05) is 40.8 Å². The molecule has 0 unspecified atom stereocenters. The number of carboxylic acids is 1. The van der Waals surface area contributed by atoms with E-state index in [0.717, 1.165) is 18.4 Å². The van der Waals surface area contributed by atoms with E-state index < -0.39 is 17.0 Å². The van der Waals surface area contributed by atoms with E-state index in [2.05, 4.69) is 23.7 Å². The van der Waals surface area contributed by atoms with Gasteiger partial charge in [-0.2, -0.15) is 0 Å². The molecule has 3 aromatic rings. The lowest BCUT2D eigenvalue weighted by Crippen LogP contribution is -2.29. The Morgan fingerprint density at radius 3 is 2.34 bits per heavy atom. The van der Waals surface area contributed by atoms with E-state index in [9.17, 15) is 24.8 Å². The van der Waals surface area contributed by atoms with E-state index in [-0.39, 0.29) is 23.5 Å². The summed E-state index contributed by atoms with van der Waals surface area (Å²) < 4.78 is 19.5. The molecule has 0 saturated heterocycles. The number of carboxylic acid groups (broad SMARTS) is 1. The fourth-order valence-corrected chi connectivity index (χ4v) is 5.14. The highest BCUT2D eigenvalue weighted by molar-refractivity contribution is 6.08. The van der Waals surface area contributed by atoms with E-state index in [1.54, 1.807) is 36.4 Å². The smallest absolute Gasteiger partial charge is 0.412 e. The molecular weight excluding hydrogens is 566 g/mol. The average Bonchev–Trinajstić information content (AvgIpc) is 3.03. The number of ether oxygens (including phenoxy) is 2. The molecule has 0 radical (unpaired) electrons. The van der Waals surface area contributed by atoms with E-state index in [1.165, 1.54) is 31.4 Å². The molecule has 44 heavy (non-hydrogen) atoms. The monoisotopic (exact) mass is 596 g/mol. The Hall–Kier alpha value is -5.71. The zero-order valence-electron chi connectivity index (χ0n) is 24.3. The number of carbonyl (C=O) groups is 2. The largest absolute Gasteiger partial charge is 0.495 e. The fourth-order valence-electron chi connectivity index (χ4n) is 5.14. The zero-order valence-corrected chi connectivity index (χ0v) is 24.3. The molecule has 1 aliphatic carbocycles. The molecule has 0 atom stereocenters. The van der Waals surface area contributed by atoms with Gasteiger partial charge >= 0.3 is 12.1 Å². The number of hydrogen-bond donors (Lipinski definition) is 2. The Balaban J connectivity index is 1.62. The summed E-state index contributed by atoms with van der Waals surface area (Å²) >= 11 is 0. The van der Waals surface area contributed by atoms with Crippen molar-refractivity contribution < 1.29 is 33.5 Å². The summed E-state index contributed by atoms with van der Waals surface area (Å²) in [5.74, 6) is -0.231. The van der Waals surface area contributed by atoms with Crippen molar-refractivity contribution in [3.05, 3.63) is 105 Å². The molecule has 0 bridgehead atoms. The van der Waals surface area contributed by atoms with Crippen LogP contribution in [0.25, 0.3) is 33.4 Å². The molecule has 11 heteroatoms. The third-order valence-corrected chi connectivity index (χ3v) is 7.33. The van der Waals surface area contributed by atoms with Crippen LogP contribution in [0, 0.1) is 10.1 Å². The molecule has 5 rings (SSSR count). The van der Waals surface area contributed by atoms with Gasteiger partial charge in [-0.05, 0) is 55.3 Å². The van der Waals surface area contributed by atoms with Crippen LogP contribution in [0.4, 0.5) is 16.2 Å². The summed E-state index contributed by atoms with van der Waals surface area (Å²) in [5.41, 5.74) is 3.17. The van der Waals surface area contributed by atoms with Crippen molar-refractivity contribution in [2.75, 3.05) is 25.5 Å². The van der Waals surface area contributed by atoms with Crippen molar-refractivity contribution in [1.82, 2.24) is 4.58 Å². The summed E-state index contributed by atoms with van der Waals surface area (Å²) in [6.07, 6.45) is -0.776. The highest BCUT2D eigenvalue weighted by Gasteiger charge is 2.24. The van der Waals surface area contributed by atoms with Crippen LogP contribution in [0.15, 0.2) is 83.3 Å². The number of nitrogens with zero attached hydrogens (tertiary/aromatic N) is 2. The Morgan fingerprint density at radius 1 is 0.955 bits per heavy atom. The number of amides is 1. The molecule has 1 amide bonds. The second kappa shape index (κ2) is 12.7. The number of fused-ring (bicyclic) bond motifs is 2. The molecule has 0 aromatic heterocycles. The SMILES string of the molecule is CC[N+](CC)=c1ccc2c(-c3ccccc3C(=O)O)c3cc(OC)c(NC(=O)OCc4ccc([N+](=O)[O-])cc4)cc3oc-2c1. The quantitative estimate of drug-likeness (QED) is 0.0863. The van der Waals surface area contributed by atoms with Crippen molar-refractivity contribution >= 4 is 34.4 Å². The number of rotatable bonds is 9. The summed E-state index contributed by atoms with van der Waals surface area (Å²) in [6, 6.07) is 21.6. The number of nitro benzene ring substituents is 1. The molecule has 2 aliphatic rings. The van der Waals surface area contributed by atoms with Crippen LogP contribution in [0.2, 0.25) is 0 Å². The molecule has 1 aliphatic heterocycles. The summed E-state index contributed by atoms with van der Waals surface area (Å²) in [6.45, 7) is 5.59. The van der Waals surface area contributed by atoms with E-state index in [1.807, 2.05) is 18.2 Å². The summed E-state index contributed by atoms with van der Waals surface area (Å²) in [5, 5.41) is 25.1. The maximum atomic E-state index is 12.8. The van der Waals surface area contributed by atoms with Crippen molar-refractivity contribution in [3.8, 4) is 28.2 Å². The molecule has 3 aromatic carbocycles. The predicted octanol–water partition coefficient (Wildman–Crippen LogP) is 6.38. The molecule has 2 N–H and O–H groups in total. The van der Waals surface area contributed by atoms with Crippen LogP contribution in [0.3, 0.4) is 0 Å². The fraction of sp³-hybridized carbons (Fsp3) is 0.182. The van der Waals surface area contributed by atoms with Gasteiger partial charge in [0.2, 0.25) is 5.36 Å². The first-order valence-electron chi connectivity index (χ1n) is 13.9. The zero-order chi connectivity index (χ0) is 31.4. The number of methoxy groups -OCH3 is 1. The van der Waals surface area contributed by atoms with Crippen molar-refractivity contribution in [3.63, 3.8) is 0 Å². The predicted molar refractivity (Wildman–Crippen MR) is 165 cm³/mol. The van der Waals surface area contributed by atoms with Crippen LogP contribution >= 0.6 is 0 Å². The van der Waals surface area contributed by atoms with Crippen LogP contribution in [-0.2, 0) is 11.3 Å². The lowest BCUT2D eigenvalue weighted by Gasteiger charge is -2.18. The first-order valence-corrected chi connectivity index (χ1v) is 13.9. The molecule has 0 saturated carbocycles. The maximum Gasteiger partial charge on any atom is 0.412 e. The Kier molecular flexibility index (Phi) is 8.56. The second-order valence-electron chi connectivity index (χ2n) is 9.85. The van der Waals surface area contributed by atoms with Gasteiger partial charge in [0.05, 0.1) is 29.4 Å². The Bertz CT molecular complexity index is 1920. The number of carbonyl (C=O) groups excluding carboxylic acids is 1. The highest BCUT2D eigenvalue weighted by Crippen LogP contribution is 2.44. The highest BCUT2D eigenvalue weighted by atomic mass is 16.6. The van der Waals surface area contributed by atoms with Gasteiger partial charge in [-0.3, -0.25) is 15.4 Å². The topological polar surface area (TPSA) is 144 Å². The Labute approximate surface area is 252 Å². The minimum absolute atomic E-state index is 0.0649. The summed E-state index contributed by atoms with van der Waals surface area (Å²) in [7, 11) is 1.45. The van der Waals surface area contributed by atoms with E-state index >= 15 is 0 Å². The minimum Gasteiger partial charge on any atom is -0.495 e. The van der Waals surface area contributed by atoms with Gasteiger partial charge < -0.3 is 19.0 Å². The lowest BCUT2D eigenvalue weighted by atomic mass is 9.90. The van der Waals surface area contributed by atoms with Gasteiger partial charge in [-0.1, -0.05) is 18.2 Å². The van der Waals surface area contributed by atoms with E-state index in [0.29, 0.717) is 44.7 Å². The number of nitrogens with one attached hydrogen (secondary N) is 1. The number of aromatic carboxylic acids is 1. The number of benzene rings is 4. The number of anilines is 1. The van der Waals surface area contributed by atoms with E-state index in [4.69, 9.17) is 13.9 Å². The van der Waals surface area contributed by atoms with Crippen LogP contribution in [-0.4, -0.2) is 42.3 Å². The molecule has 1 heterocycles. The molecular formula is C33H30N3O8+. The normalized spacial score (nSPS) is 10.9. The molecule has 0 spiro atoms. The van der Waals surface area contributed by atoms with Gasteiger partial charge in [-0.15, -0.1) is 0 Å². The van der Waals surface area contributed by atoms with Gasteiger partial charge in [0.1, 0.15) is 36.8 Å². The van der Waals surface area contributed by atoms with Crippen LogP contribution < -0.4 is 20.0 Å². The third-order valence-electron chi connectivity index (χ3n) is 7.33. The van der Waals surface area contributed by atoms with Gasteiger partial charge in [-0.25, -0.2) is 14.2 Å². The van der Waals surface area contributed by atoms with Crippen LogP contribution in [0.1, 0.15) is 29.8 Å². The van der Waals surface area contributed by atoms with Gasteiger partial charge in [0.15, 0.2) is 0 Å². The maximum absolute atomic E-state index is 12.8. The van der Waals surface area contributed by atoms with Crippen molar-refractivity contribution in [2.24, 2.45) is 0 Å². The summed E-state index contributed by atoms with van der Waals surface area (Å²) in [4.78, 5) is 35.4. The lowest BCUT2D eigenvalue weighted by molar-refractivity contribution is -0.384. The van der Waals surface area contributed by atoms with Crippen LogP contribution in [0.5, 0.6) is 5.75 Å². The molecule has 0 fully saturated rings. The molecule has 224 valence electrons. The Morgan fingerprint density at radius 2 is 1.68 bits per heavy atom. The molecule has 11 nitrogen and oxygen atoms in total. The minimum atomic E-state index is -1.07. The van der Waals surface area contributed by atoms with Crippen molar-refractivity contribution in [1.29, 1.82) is 0 Å². The number of non-ortho nitro benzene ring substituents is 1. The average molecular weight is 597 g/mol. The first kappa shape index (κ1) is 29.8. The van der Waals surface area contributed by atoms with Crippen molar-refractivity contribution in [2.45, 2.75) is 20.5 Å².